The van der Waals surface area contributed by atoms with Crippen LogP contribution in [-0.2, 0) is 21.2 Å². The minimum atomic E-state index is -3.64. The van der Waals surface area contributed by atoms with Crippen molar-refractivity contribution >= 4 is 27.5 Å². The molecule has 2 N–H and O–H groups in total. The topological polar surface area (TPSA) is 90.9 Å². The molecule has 1 atom stereocenters. The molecule has 0 radical (unpaired) electrons. The first-order chi connectivity index (χ1) is 14.8. The monoisotopic (exact) mass is 442 g/mol. The van der Waals surface area contributed by atoms with Crippen LogP contribution in [-0.4, -0.2) is 51.7 Å². The fourth-order valence-electron chi connectivity index (χ4n) is 3.37. The second-order valence-corrected chi connectivity index (χ2v) is 9.63. The van der Waals surface area contributed by atoms with E-state index >= 15 is 0 Å². The molecule has 0 aliphatic carbocycles. The highest BCUT2D eigenvalue weighted by Crippen LogP contribution is 2.23. The SMILES string of the molecule is CCCCC(N=C1NS(=O)(=O)c2ccccc21)C(=O)Nc1ccc(CCN(C)C)cc1. The van der Waals surface area contributed by atoms with Crippen molar-refractivity contribution in [3.05, 3.63) is 59.7 Å². The lowest BCUT2D eigenvalue weighted by molar-refractivity contribution is -0.117. The summed E-state index contributed by atoms with van der Waals surface area (Å²) >= 11 is 0. The van der Waals surface area contributed by atoms with E-state index in [2.05, 4.69) is 19.9 Å². The molecule has 0 saturated carbocycles. The maximum absolute atomic E-state index is 13.0. The van der Waals surface area contributed by atoms with Crippen molar-refractivity contribution in [2.75, 3.05) is 26.0 Å². The summed E-state index contributed by atoms with van der Waals surface area (Å²) in [5.41, 5.74) is 2.40. The predicted molar refractivity (Wildman–Crippen MR) is 124 cm³/mol. The predicted octanol–water partition coefficient (Wildman–Crippen LogP) is 3.03. The minimum Gasteiger partial charge on any atom is -0.324 e. The van der Waals surface area contributed by atoms with Gasteiger partial charge in [-0.05, 0) is 56.8 Å². The van der Waals surface area contributed by atoms with Gasteiger partial charge < -0.3 is 10.2 Å². The quantitative estimate of drug-likeness (QED) is 0.625. The van der Waals surface area contributed by atoms with Crippen LogP contribution >= 0.6 is 0 Å². The molecule has 8 heteroatoms. The third kappa shape index (κ3) is 5.92. The lowest BCUT2D eigenvalue weighted by Gasteiger charge is -2.14. The highest BCUT2D eigenvalue weighted by atomic mass is 32.2. The standard InChI is InChI=1S/C23H30N4O3S/c1-4-5-9-20(25-22-19-8-6-7-10-21(19)31(29,30)26-22)23(28)24-18-13-11-17(12-14-18)15-16-27(2)3/h6-8,10-14,20H,4-5,9,15-16H2,1-3H3,(H,24,28)(H,25,26). The van der Waals surface area contributed by atoms with Crippen LogP contribution < -0.4 is 10.0 Å². The molecule has 1 unspecified atom stereocenters. The van der Waals surface area contributed by atoms with Crippen molar-refractivity contribution in [3.63, 3.8) is 0 Å². The average molecular weight is 443 g/mol. The molecule has 166 valence electrons. The van der Waals surface area contributed by atoms with Crippen LogP contribution in [0, 0.1) is 0 Å². The van der Waals surface area contributed by atoms with Crippen molar-refractivity contribution in [3.8, 4) is 0 Å². The zero-order chi connectivity index (χ0) is 22.4. The third-order valence-corrected chi connectivity index (χ3v) is 6.55. The molecule has 1 aliphatic rings. The number of nitrogens with one attached hydrogen (secondary N) is 2. The Labute approximate surface area is 184 Å². The summed E-state index contributed by atoms with van der Waals surface area (Å²) < 4.78 is 27.2. The molecule has 0 fully saturated rings. The van der Waals surface area contributed by atoms with Crippen molar-refractivity contribution < 1.29 is 13.2 Å². The van der Waals surface area contributed by atoms with Gasteiger partial charge in [-0.15, -0.1) is 0 Å². The number of amidine groups is 1. The van der Waals surface area contributed by atoms with Crippen LogP contribution in [0.15, 0.2) is 58.4 Å². The van der Waals surface area contributed by atoms with Gasteiger partial charge >= 0.3 is 0 Å². The van der Waals surface area contributed by atoms with Gasteiger partial charge in [0, 0.05) is 17.8 Å². The zero-order valence-electron chi connectivity index (χ0n) is 18.3. The van der Waals surface area contributed by atoms with Gasteiger partial charge in [-0.3, -0.25) is 14.5 Å². The largest absolute Gasteiger partial charge is 0.324 e. The summed E-state index contributed by atoms with van der Waals surface area (Å²) in [6.07, 6.45) is 3.20. The van der Waals surface area contributed by atoms with Gasteiger partial charge in [-0.25, -0.2) is 8.42 Å². The van der Waals surface area contributed by atoms with Gasteiger partial charge in [0.15, 0.2) is 0 Å². The first kappa shape index (κ1) is 23.0. The third-order valence-electron chi connectivity index (χ3n) is 5.15. The van der Waals surface area contributed by atoms with E-state index in [-0.39, 0.29) is 16.6 Å². The Balaban J connectivity index is 1.77. The van der Waals surface area contributed by atoms with Gasteiger partial charge in [0.1, 0.15) is 11.9 Å². The molecule has 0 aromatic heterocycles. The summed E-state index contributed by atoms with van der Waals surface area (Å²) in [7, 11) is 0.436. The number of benzene rings is 2. The minimum absolute atomic E-state index is 0.191. The Hall–Kier alpha value is -2.71. The summed E-state index contributed by atoms with van der Waals surface area (Å²) in [5.74, 6) is -0.0172. The number of rotatable bonds is 9. The fraction of sp³-hybridized carbons (Fsp3) is 0.391. The number of anilines is 1. The molecule has 0 saturated heterocycles. The lowest BCUT2D eigenvalue weighted by atomic mass is 10.1. The average Bonchev–Trinajstić information content (AvgIpc) is 3.00. The Morgan fingerprint density at radius 2 is 1.84 bits per heavy atom. The van der Waals surface area contributed by atoms with Crippen LogP contribution in [0.3, 0.4) is 0 Å². The van der Waals surface area contributed by atoms with E-state index in [0.717, 1.165) is 25.8 Å². The van der Waals surface area contributed by atoms with Gasteiger partial charge in [-0.2, -0.15) is 0 Å². The number of hydrogen-bond donors (Lipinski definition) is 2. The zero-order valence-corrected chi connectivity index (χ0v) is 19.1. The van der Waals surface area contributed by atoms with Crippen LogP contribution in [0.5, 0.6) is 0 Å². The maximum Gasteiger partial charge on any atom is 0.263 e. The summed E-state index contributed by atoms with van der Waals surface area (Å²) in [6.45, 7) is 3.00. The van der Waals surface area contributed by atoms with Crippen LogP contribution in [0.25, 0.3) is 0 Å². The lowest BCUT2D eigenvalue weighted by Crippen LogP contribution is -2.30. The number of unbranched alkanes of at least 4 members (excludes halogenated alkanes) is 1. The van der Waals surface area contributed by atoms with E-state index in [1.54, 1.807) is 24.3 Å². The Morgan fingerprint density at radius 3 is 2.52 bits per heavy atom. The molecule has 0 spiro atoms. The molecular formula is C23H30N4O3S. The fourth-order valence-corrected chi connectivity index (χ4v) is 4.61. The Bertz CT molecular complexity index is 1050. The number of hydrogen-bond acceptors (Lipinski definition) is 5. The summed E-state index contributed by atoms with van der Waals surface area (Å²) in [6, 6.07) is 13.8. The highest BCUT2D eigenvalue weighted by molar-refractivity contribution is 7.90. The first-order valence-corrected chi connectivity index (χ1v) is 12.0. The van der Waals surface area contributed by atoms with Crippen molar-refractivity contribution in [1.29, 1.82) is 0 Å². The van der Waals surface area contributed by atoms with Crippen molar-refractivity contribution in [1.82, 2.24) is 9.62 Å². The molecule has 3 rings (SSSR count). The number of likely N-dealkylation sites (N-methyl/N-ethyl adjacent to an activating group) is 1. The van der Waals surface area contributed by atoms with Crippen molar-refractivity contribution in [2.45, 2.75) is 43.5 Å². The summed E-state index contributed by atoms with van der Waals surface area (Å²) in [4.78, 5) is 19.8. The molecule has 2 aromatic rings. The van der Waals surface area contributed by atoms with Gasteiger partial charge in [0.25, 0.3) is 10.0 Å². The van der Waals surface area contributed by atoms with E-state index in [1.807, 2.05) is 45.3 Å². The van der Waals surface area contributed by atoms with Crippen LogP contribution in [0.2, 0.25) is 0 Å². The maximum atomic E-state index is 13.0. The Morgan fingerprint density at radius 1 is 1.13 bits per heavy atom. The van der Waals surface area contributed by atoms with Crippen LogP contribution in [0.1, 0.15) is 37.3 Å². The normalized spacial score (nSPS) is 16.7. The summed E-state index contributed by atoms with van der Waals surface area (Å²) in [5, 5.41) is 2.93. The number of aliphatic imine (C=N–C) groups is 1. The van der Waals surface area contributed by atoms with Gasteiger partial charge in [0.2, 0.25) is 5.91 Å². The molecule has 0 bridgehead atoms. The van der Waals surface area contributed by atoms with E-state index in [0.29, 0.717) is 17.7 Å². The first-order valence-electron chi connectivity index (χ1n) is 10.5. The van der Waals surface area contributed by atoms with Gasteiger partial charge in [-0.1, -0.05) is 44.0 Å². The molecule has 1 amide bonds. The van der Waals surface area contributed by atoms with Gasteiger partial charge in [0.05, 0.1) is 4.90 Å². The molecule has 1 heterocycles. The number of amides is 1. The van der Waals surface area contributed by atoms with E-state index < -0.39 is 16.1 Å². The number of carbonyl (C=O) groups is 1. The highest BCUT2D eigenvalue weighted by Gasteiger charge is 2.31. The second kappa shape index (κ2) is 10.1. The van der Waals surface area contributed by atoms with E-state index in [4.69, 9.17) is 0 Å². The number of nitrogens with zero attached hydrogens (tertiary/aromatic N) is 2. The molecule has 2 aromatic carbocycles. The molecule has 1 aliphatic heterocycles. The number of sulfonamides is 1. The van der Waals surface area contributed by atoms with Crippen LogP contribution in [0.4, 0.5) is 5.69 Å². The van der Waals surface area contributed by atoms with E-state index in [9.17, 15) is 13.2 Å². The number of carbonyl (C=O) groups excluding carboxylic acids is 1. The number of fused-ring (bicyclic) bond motifs is 1. The molecular weight excluding hydrogens is 412 g/mol. The van der Waals surface area contributed by atoms with Crippen molar-refractivity contribution in [2.24, 2.45) is 4.99 Å². The van der Waals surface area contributed by atoms with E-state index in [1.165, 1.54) is 5.56 Å². The molecule has 7 nitrogen and oxygen atoms in total. The second-order valence-electron chi connectivity index (χ2n) is 7.98. The molecule has 31 heavy (non-hydrogen) atoms. The Kier molecular flexibility index (Phi) is 7.46. The smallest absolute Gasteiger partial charge is 0.263 e.